The van der Waals surface area contributed by atoms with Crippen LogP contribution in [0.1, 0.15) is 11.1 Å². The number of benzene rings is 1. The van der Waals surface area contributed by atoms with Crippen molar-refractivity contribution in [2.75, 3.05) is 25.5 Å². The lowest BCUT2D eigenvalue weighted by molar-refractivity contribution is 0.438. The molecule has 1 heterocycles. The summed E-state index contributed by atoms with van der Waals surface area (Å²) in [6, 6.07) is 6.69. The summed E-state index contributed by atoms with van der Waals surface area (Å²) in [6.07, 6.45) is 1.21. The van der Waals surface area contributed by atoms with E-state index in [1.807, 2.05) is 0 Å². The number of nitrogens with zero attached hydrogens (tertiary/aromatic N) is 1. The first kappa shape index (κ1) is 11.2. The number of nitrogens with one attached hydrogen (secondary N) is 1. The third kappa shape index (κ3) is 2.84. The van der Waals surface area contributed by atoms with Crippen molar-refractivity contribution in [3.05, 3.63) is 29.3 Å². The van der Waals surface area contributed by atoms with Crippen molar-refractivity contribution in [2.24, 2.45) is 5.92 Å². The molecule has 1 N–H and O–H groups in total. The zero-order valence-electron chi connectivity index (χ0n) is 9.26. The van der Waals surface area contributed by atoms with Crippen molar-refractivity contribution in [1.82, 2.24) is 3.11 Å². The maximum atomic E-state index is 3.52. The Labute approximate surface area is 106 Å². The van der Waals surface area contributed by atoms with Gasteiger partial charge in [0.1, 0.15) is 0 Å². The lowest BCUT2D eigenvalue weighted by Crippen LogP contribution is -2.30. The lowest BCUT2D eigenvalue weighted by Gasteiger charge is -2.27. The van der Waals surface area contributed by atoms with Crippen molar-refractivity contribution in [2.45, 2.75) is 13.3 Å². The number of anilines is 1. The molecule has 2 rings (SSSR count). The summed E-state index contributed by atoms with van der Waals surface area (Å²) >= 11 is 2.36. The number of halogens is 1. The molecule has 15 heavy (non-hydrogen) atoms. The van der Waals surface area contributed by atoms with Crippen LogP contribution in [0.5, 0.6) is 0 Å². The average Bonchev–Trinajstić information content (AvgIpc) is 2.16. The molecule has 0 aliphatic carbocycles. The Hall–Kier alpha value is -0.290. The van der Waals surface area contributed by atoms with E-state index in [0.29, 0.717) is 0 Å². The van der Waals surface area contributed by atoms with E-state index in [0.717, 1.165) is 19.0 Å². The third-order valence-electron chi connectivity index (χ3n) is 2.86. The van der Waals surface area contributed by atoms with Gasteiger partial charge in [-0.1, -0.05) is 17.7 Å². The molecule has 1 aromatic rings. The summed E-state index contributed by atoms with van der Waals surface area (Å²) in [7, 11) is 2.13. The van der Waals surface area contributed by atoms with Gasteiger partial charge in [0.2, 0.25) is 0 Å². The predicted octanol–water partition coefficient (Wildman–Crippen LogP) is 2.86. The fourth-order valence-corrected chi connectivity index (χ4v) is 2.74. The van der Waals surface area contributed by atoms with Gasteiger partial charge in [-0.05, 0) is 37.9 Å². The van der Waals surface area contributed by atoms with Gasteiger partial charge >= 0.3 is 0 Å². The minimum atomic E-state index is 0.737. The number of hydrogen-bond acceptors (Lipinski definition) is 2. The van der Waals surface area contributed by atoms with E-state index in [1.165, 1.54) is 23.2 Å². The van der Waals surface area contributed by atoms with E-state index < -0.39 is 0 Å². The second-order valence-electron chi connectivity index (χ2n) is 4.40. The number of hydrogen-bond donors (Lipinski definition) is 1. The van der Waals surface area contributed by atoms with E-state index in [2.05, 4.69) is 63.5 Å². The molecule has 0 spiro atoms. The minimum absolute atomic E-state index is 0.737. The zero-order chi connectivity index (χ0) is 10.8. The predicted molar refractivity (Wildman–Crippen MR) is 73.5 cm³/mol. The Balaban J connectivity index is 2.11. The van der Waals surface area contributed by atoms with Crippen LogP contribution in [-0.4, -0.2) is 23.3 Å². The molecule has 0 amide bonds. The van der Waals surface area contributed by atoms with Crippen LogP contribution in [-0.2, 0) is 6.42 Å². The SMILES string of the molecule is Cc1ccc2c(c1)C[C@@H](CN(C)I)CN2. The van der Waals surface area contributed by atoms with Gasteiger partial charge in [0.25, 0.3) is 0 Å². The monoisotopic (exact) mass is 316 g/mol. The van der Waals surface area contributed by atoms with Gasteiger partial charge in [-0.15, -0.1) is 0 Å². The second kappa shape index (κ2) is 4.70. The van der Waals surface area contributed by atoms with Crippen molar-refractivity contribution < 1.29 is 0 Å². The van der Waals surface area contributed by atoms with E-state index >= 15 is 0 Å². The van der Waals surface area contributed by atoms with Crippen LogP contribution in [0.2, 0.25) is 0 Å². The molecule has 0 radical (unpaired) electrons. The van der Waals surface area contributed by atoms with Crippen LogP contribution >= 0.6 is 22.9 Å². The molecule has 0 bridgehead atoms. The highest BCUT2D eigenvalue weighted by Crippen LogP contribution is 2.26. The molecular formula is C12H17IN2. The Morgan fingerprint density at radius 1 is 1.53 bits per heavy atom. The first-order valence-corrected chi connectivity index (χ1v) is 6.32. The molecule has 1 atom stereocenters. The highest BCUT2D eigenvalue weighted by atomic mass is 127. The average molecular weight is 316 g/mol. The lowest BCUT2D eigenvalue weighted by atomic mass is 9.93. The Morgan fingerprint density at radius 2 is 2.33 bits per heavy atom. The summed E-state index contributed by atoms with van der Waals surface area (Å²) in [5.74, 6) is 0.737. The van der Waals surface area contributed by atoms with Crippen LogP contribution < -0.4 is 5.32 Å². The van der Waals surface area contributed by atoms with Crippen molar-refractivity contribution >= 4 is 28.6 Å². The molecule has 0 fully saturated rings. The number of rotatable bonds is 2. The molecule has 0 saturated carbocycles. The van der Waals surface area contributed by atoms with Gasteiger partial charge < -0.3 is 5.32 Å². The number of fused-ring (bicyclic) bond motifs is 1. The molecule has 82 valence electrons. The first-order valence-electron chi connectivity index (χ1n) is 5.35. The standard InChI is InChI=1S/C12H17IN2/c1-9-3-4-12-11(5-9)6-10(7-14-12)8-15(2)13/h3-5,10,14H,6-8H2,1-2H3/t10-/m1/s1. The molecule has 0 unspecified atom stereocenters. The maximum absolute atomic E-state index is 3.52. The van der Waals surface area contributed by atoms with Crippen LogP contribution in [0.4, 0.5) is 5.69 Å². The van der Waals surface area contributed by atoms with Gasteiger partial charge in [0.15, 0.2) is 0 Å². The fourth-order valence-electron chi connectivity index (χ4n) is 2.19. The molecule has 1 aromatic carbocycles. The summed E-state index contributed by atoms with van der Waals surface area (Å²) in [6.45, 7) is 4.42. The van der Waals surface area contributed by atoms with Crippen LogP contribution in [0.3, 0.4) is 0 Å². The van der Waals surface area contributed by atoms with Crippen LogP contribution in [0.25, 0.3) is 0 Å². The number of aryl methyl sites for hydroxylation is 1. The smallest absolute Gasteiger partial charge is 0.0373 e. The summed E-state index contributed by atoms with van der Waals surface area (Å²) in [5, 5.41) is 3.52. The Kier molecular flexibility index (Phi) is 3.51. The van der Waals surface area contributed by atoms with Gasteiger partial charge in [0, 0.05) is 41.6 Å². The van der Waals surface area contributed by atoms with Gasteiger partial charge in [-0.25, -0.2) is 0 Å². The minimum Gasteiger partial charge on any atom is -0.384 e. The molecule has 2 nitrogen and oxygen atoms in total. The molecule has 1 aliphatic heterocycles. The van der Waals surface area contributed by atoms with Crippen LogP contribution in [0, 0.1) is 12.8 Å². The van der Waals surface area contributed by atoms with Crippen LogP contribution in [0.15, 0.2) is 18.2 Å². The molecule has 0 saturated heterocycles. The Bertz CT molecular complexity index is 349. The summed E-state index contributed by atoms with van der Waals surface area (Å²) < 4.78 is 2.24. The third-order valence-corrected chi connectivity index (χ3v) is 3.25. The summed E-state index contributed by atoms with van der Waals surface area (Å²) in [4.78, 5) is 0. The topological polar surface area (TPSA) is 15.3 Å². The van der Waals surface area contributed by atoms with Crippen molar-refractivity contribution in [3.8, 4) is 0 Å². The van der Waals surface area contributed by atoms with Crippen molar-refractivity contribution in [3.63, 3.8) is 0 Å². The molecule has 0 aromatic heterocycles. The fraction of sp³-hybridized carbons (Fsp3) is 0.500. The van der Waals surface area contributed by atoms with E-state index in [1.54, 1.807) is 0 Å². The second-order valence-corrected chi connectivity index (χ2v) is 6.05. The first-order chi connectivity index (χ1) is 7.15. The molecular weight excluding hydrogens is 299 g/mol. The van der Waals surface area contributed by atoms with Gasteiger partial charge in [-0.3, -0.25) is 3.11 Å². The van der Waals surface area contributed by atoms with Gasteiger partial charge in [0.05, 0.1) is 0 Å². The van der Waals surface area contributed by atoms with Gasteiger partial charge in [-0.2, -0.15) is 0 Å². The molecule has 3 heteroatoms. The van der Waals surface area contributed by atoms with E-state index in [9.17, 15) is 0 Å². The van der Waals surface area contributed by atoms with E-state index in [4.69, 9.17) is 0 Å². The zero-order valence-corrected chi connectivity index (χ0v) is 11.4. The normalized spacial score (nSPS) is 19.9. The maximum Gasteiger partial charge on any atom is 0.0373 e. The van der Waals surface area contributed by atoms with Crippen molar-refractivity contribution in [1.29, 1.82) is 0 Å². The highest BCUT2D eigenvalue weighted by molar-refractivity contribution is 14.1. The van der Waals surface area contributed by atoms with E-state index in [-0.39, 0.29) is 0 Å². The summed E-state index contributed by atoms with van der Waals surface area (Å²) in [5.41, 5.74) is 4.16. The molecule has 1 aliphatic rings. The highest BCUT2D eigenvalue weighted by Gasteiger charge is 2.18. The Morgan fingerprint density at radius 3 is 3.07 bits per heavy atom. The largest absolute Gasteiger partial charge is 0.384 e. The quantitative estimate of drug-likeness (QED) is 0.667.